The number of aromatic nitrogens is 2. The average Bonchev–Trinajstić information content (AvgIpc) is 2.38. The van der Waals surface area contributed by atoms with E-state index in [2.05, 4.69) is 29.0 Å². The van der Waals surface area contributed by atoms with E-state index in [0.717, 1.165) is 11.5 Å². The molecule has 0 N–H and O–H groups in total. The van der Waals surface area contributed by atoms with E-state index in [1.807, 2.05) is 24.1 Å². The van der Waals surface area contributed by atoms with E-state index in [0.29, 0.717) is 17.6 Å². The number of nitrogens with zero attached hydrogens (tertiary/aromatic N) is 3. The van der Waals surface area contributed by atoms with Crippen molar-refractivity contribution in [3.8, 4) is 0 Å². The Morgan fingerprint density at radius 1 is 1.21 bits per heavy atom. The maximum atomic E-state index is 6.01. The minimum absolute atomic E-state index is 0.343. The van der Waals surface area contributed by atoms with E-state index in [1.165, 1.54) is 5.56 Å². The van der Waals surface area contributed by atoms with Gasteiger partial charge >= 0.3 is 0 Å². The van der Waals surface area contributed by atoms with Gasteiger partial charge in [0.2, 0.25) is 0 Å². The molecule has 1 aromatic carbocycles. The first-order valence-electron chi connectivity index (χ1n) is 5.93. The predicted molar refractivity (Wildman–Crippen MR) is 77.0 cm³/mol. The zero-order valence-corrected chi connectivity index (χ0v) is 12.0. The third-order valence-electron chi connectivity index (χ3n) is 2.77. The molecule has 0 unspecified atom stereocenters. The first-order chi connectivity index (χ1) is 9.10. The van der Waals surface area contributed by atoms with Gasteiger partial charge in [0.1, 0.15) is 17.6 Å². The fourth-order valence-electron chi connectivity index (χ4n) is 1.72. The topological polar surface area (TPSA) is 38.2 Å². The van der Waals surface area contributed by atoms with Gasteiger partial charge in [-0.1, -0.05) is 29.3 Å². The van der Waals surface area contributed by atoms with E-state index >= 15 is 0 Å². The molecule has 2 aromatic rings. The van der Waals surface area contributed by atoms with Crippen LogP contribution < -0.4 is 4.90 Å². The molecule has 4 nitrogen and oxygen atoms in total. The van der Waals surface area contributed by atoms with Gasteiger partial charge in [-0.25, -0.2) is 9.97 Å². The summed E-state index contributed by atoms with van der Waals surface area (Å²) in [6.45, 7) is 2.40. The lowest BCUT2D eigenvalue weighted by molar-refractivity contribution is 0.178. The molecule has 0 saturated carbocycles. The SMILES string of the molecule is COCc1nc(Cl)cc(N(C)c2ccc(C)cc2)n1. The third kappa shape index (κ3) is 3.43. The van der Waals surface area contributed by atoms with E-state index in [9.17, 15) is 0 Å². The highest BCUT2D eigenvalue weighted by molar-refractivity contribution is 6.29. The first kappa shape index (κ1) is 13.8. The van der Waals surface area contributed by atoms with Gasteiger partial charge in [-0.15, -0.1) is 0 Å². The summed E-state index contributed by atoms with van der Waals surface area (Å²) >= 11 is 6.01. The molecule has 0 saturated heterocycles. The molecule has 1 heterocycles. The zero-order chi connectivity index (χ0) is 13.8. The minimum atomic E-state index is 0.343. The monoisotopic (exact) mass is 277 g/mol. The van der Waals surface area contributed by atoms with E-state index in [4.69, 9.17) is 16.3 Å². The molecular weight excluding hydrogens is 262 g/mol. The van der Waals surface area contributed by atoms with Crippen LogP contribution in [0.3, 0.4) is 0 Å². The van der Waals surface area contributed by atoms with Crippen LogP contribution in [0.25, 0.3) is 0 Å². The number of anilines is 2. The summed E-state index contributed by atoms with van der Waals surface area (Å²) in [5, 5.41) is 0.413. The fraction of sp³-hybridized carbons (Fsp3) is 0.286. The van der Waals surface area contributed by atoms with E-state index in [-0.39, 0.29) is 0 Å². The van der Waals surface area contributed by atoms with Crippen LogP contribution in [0.1, 0.15) is 11.4 Å². The van der Waals surface area contributed by atoms with Gasteiger partial charge < -0.3 is 9.64 Å². The highest BCUT2D eigenvalue weighted by Gasteiger charge is 2.09. The summed E-state index contributed by atoms with van der Waals surface area (Å²) in [4.78, 5) is 10.5. The second kappa shape index (κ2) is 5.99. The van der Waals surface area contributed by atoms with Gasteiger partial charge in [-0.2, -0.15) is 0 Å². The number of hydrogen-bond acceptors (Lipinski definition) is 4. The number of aryl methyl sites for hydroxylation is 1. The summed E-state index contributed by atoms with van der Waals surface area (Å²) in [6.07, 6.45) is 0. The van der Waals surface area contributed by atoms with Crippen molar-refractivity contribution in [2.45, 2.75) is 13.5 Å². The van der Waals surface area contributed by atoms with Gasteiger partial charge in [0, 0.05) is 25.9 Å². The lowest BCUT2D eigenvalue weighted by Crippen LogP contribution is -2.13. The molecule has 0 aliphatic heterocycles. The predicted octanol–water partition coefficient (Wildman–Crippen LogP) is 3.35. The normalized spacial score (nSPS) is 10.5. The highest BCUT2D eigenvalue weighted by atomic mass is 35.5. The molecule has 1 aromatic heterocycles. The van der Waals surface area contributed by atoms with E-state index in [1.54, 1.807) is 13.2 Å². The standard InChI is InChI=1S/C14H16ClN3O/c1-10-4-6-11(7-5-10)18(2)14-8-12(15)16-13(17-14)9-19-3/h4-8H,9H2,1-3H3. The third-order valence-corrected chi connectivity index (χ3v) is 2.96. The number of rotatable bonds is 4. The summed E-state index contributed by atoms with van der Waals surface area (Å²) in [5.74, 6) is 1.32. The lowest BCUT2D eigenvalue weighted by Gasteiger charge is -2.19. The Labute approximate surface area is 118 Å². The maximum Gasteiger partial charge on any atom is 0.158 e. The molecule has 0 atom stereocenters. The van der Waals surface area contributed by atoms with Crippen molar-refractivity contribution < 1.29 is 4.74 Å². The van der Waals surface area contributed by atoms with Gasteiger partial charge in [0.05, 0.1) is 0 Å². The van der Waals surface area contributed by atoms with Crippen molar-refractivity contribution in [3.63, 3.8) is 0 Å². The average molecular weight is 278 g/mol. The van der Waals surface area contributed by atoms with Crippen LogP contribution in [0.15, 0.2) is 30.3 Å². The van der Waals surface area contributed by atoms with Crippen molar-refractivity contribution >= 4 is 23.1 Å². The highest BCUT2D eigenvalue weighted by Crippen LogP contribution is 2.24. The molecular formula is C14H16ClN3O. The Morgan fingerprint density at radius 3 is 2.53 bits per heavy atom. The minimum Gasteiger partial charge on any atom is -0.377 e. The van der Waals surface area contributed by atoms with Crippen molar-refractivity contribution in [1.82, 2.24) is 9.97 Å². The van der Waals surface area contributed by atoms with Gasteiger partial charge in [-0.05, 0) is 19.1 Å². The van der Waals surface area contributed by atoms with Crippen LogP contribution in [0.4, 0.5) is 11.5 Å². The van der Waals surface area contributed by atoms with Crippen LogP contribution in [0.2, 0.25) is 5.15 Å². The summed E-state index contributed by atoms with van der Waals surface area (Å²) in [7, 11) is 3.55. The molecule has 0 amide bonds. The molecule has 0 spiro atoms. The largest absolute Gasteiger partial charge is 0.377 e. The van der Waals surface area contributed by atoms with Crippen LogP contribution in [-0.4, -0.2) is 24.1 Å². The summed E-state index contributed by atoms with van der Waals surface area (Å²) in [5.41, 5.74) is 2.27. The van der Waals surface area contributed by atoms with Crippen LogP contribution >= 0.6 is 11.6 Å². The van der Waals surface area contributed by atoms with Crippen molar-refractivity contribution in [3.05, 3.63) is 46.9 Å². The number of methoxy groups -OCH3 is 1. The molecule has 0 fully saturated rings. The van der Waals surface area contributed by atoms with Crippen LogP contribution in [0, 0.1) is 6.92 Å². The smallest absolute Gasteiger partial charge is 0.158 e. The Balaban J connectivity index is 2.32. The maximum absolute atomic E-state index is 6.01. The number of hydrogen-bond donors (Lipinski definition) is 0. The molecule has 5 heteroatoms. The summed E-state index contributed by atoms with van der Waals surface area (Å²) in [6, 6.07) is 9.94. The number of halogens is 1. The Hall–Kier alpha value is -1.65. The Bertz CT molecular complexity index is 557. The molecule has 0 aliphatic carbocycles. The molecule has 0 aliphatic rings. The van der Waals surface area contributed by atoms with Crippen LogP contribution in [-0.2, 0) is 11.3 Å². The molecule has 0 bridgehead atoms. The second-order valence-electron chi connectivity index (χ2n) is 4.29. The van der Waals surface area contributed by atoms with Crippen molar-refractivity contribution in [2.75, 3.05) is 19.1 Å². The molecule has 2 rings (SSSR count). The zero-order valence-electron chi connectivity index (χ0n) is 11.2. The van der Waals surface area contributed by atoms with Gasteiger partial charge in [0.25, 0.3) is 0 Å². The second-order valence-corrected chi connectivity index (χ2v) is 4.68. The lowest BCUT2D eigenvalue weighted by atomic mass is 10.2. The van der Waals surface area contributed by atoms with Gasteiger partial charge in [-0.3, -0.25) is 0 Å². The number of ether oxygens (including phenoxy) is 1. The first-order valence-corrected chi connectivity index (χ1v) is 6.30. The van der Waals surface area contributed by atoms with Gasteiger partial charge in [0.15, 0.2) is 5.82 Å². The van der Waals surface area contributed by atoms with Crippen molar-refractivity contribution in [2.24, 2.45) is 0 Å². The summed E-state index contributed by atoms with van der Waals surface area (Å²) < 4.78 is 5.04. The Morgan fingerprint density at radius 2 is 1.89 bits per heavy atom. The fourth-order valence-corrected chi connectivity index (χ4v) is 1.91. The Kier molecular flexibility index (Phi) is 4.35. The van der Waals surface area contributed by atoms with E-state index < -0.39 is 0 Å². The number of benzene rings is 1. The molecule has 0 radical (unpaired) electrons. The molecule has 19 heavy (non-hydrogen) atoms. The van der Waals surface area contributed by atoms with Crippen molar-refractivity contribution in [1.29, 1.82) is 0 Å². The quantitative estimate of drug-likeness (QED) is 0.804. The van der Waals surface area contributed by atoms with Crippen LogP contribution in [0.5, 0.6) is 0 Å². The molecule has 100 valence electrons.